The zero-order valence-corrected chi connectivity index (χ0v) is 13.1. The van der Waals surface area contributed by atoms with Gasteiger partial charge >= 0.3 is 0 Å². The van der Waals surface area contributed by atoms with Crippen molar-refractivity contribution in [3.63, 3.8) is 0 Å². The van der Waals surface area contributed by atoms with Crippen molar-refractivity contribution in [2.24, 2.45) is 0 Å². The predicted molar refractivity (Wildman–Crippen MR) is 81.1 cm³/mol. The number of rotatable bonds is 3. The highest BCUT2D eigenvalue weighted by Gasteiger charge is 2.24. The van der Waals surface area contributed by atoms with E-state index >= 15 is 0 Å². The van der Waals surface area contributed by atoms with E-state index in [-0.39, 0.29) is 5.91 Å². The van der Waals surface area contributed by atoms with Crippen LogP contribution in [-0.4, -0.2) is 36.0 Å². The molecule has 1 amide bonds. The van der Waals surface area contributed by atoms with E-state index in [0.717, 1.165) is 24.0 Å². The van der Waals surface area contributed by atoms with Crippen LogP contribution in [0.3, 0.4) is 0 Å². The lowest BCUT2D eigenvalue weighted by molar-refractivity contribution is -0.132. The van der Waals surface area contributed by atoms with Crippen molar-refractivity contribution in [2.75, 3.05) is 13.1 Å². The molecule has 0 aliphatic carbocycles. The minimum atomic E-state index is 0.260. The van der Waals surface area contributed by atoms with Crippen LogP contribution >= 0.6 is 15.9 Å². The second kappa shape index (κ2) is 6.53. The molecule has 4 heteroatoms. The van der Waals surface area contributed by atoms with Gasteiger partial charge in [-0.3, -0.25) is 4.79 Å². The van der Waals surface area contributed by atoms with Gasteiger partial charge in [0.1, 0.15) is 0 Å². The zero-order chi connectivity index (χ0) is 13.8. The molecule has 1 aromatic carbocycles. The number of nitrogens with one attached hydrogen (secondary N) is 1. The van der Waals surface area contributed by atoms with E-state index in [1.54, 1.807) is 0 Å². The molecule has 1 aromatic rings. The fourth-order valence-corrected chi connectivity index (χ4v) is 3.11. The fourth-order valence-electron chi connectivity index (χ4n) is 2.63. The van der Waals surface area contributed by atoms with E-state index < -0.39 is 0 Å². The predicted octanol–water partition coefficient (Wildman–Crippen LogP) is 2.59. The Kier molecular flexibility index (Phi) is 4.99. The van der Waals surface area contributed by atoms with Crippen LogP contribution < -0.4 is 5.32 Å². The molecule has 2 rings (SSSR count). The topological polar surface area (TPSA) is 32.3 Å². The number of carbonyl (C=O) groups is 1. The van der Waals surface area contributed by atoms with Crippen LogP contribution in [0.5, 0.6) is 0 Å². The molecule has 19 heavy (non-hydrogen) atoms. The number of amides is 1. The lowest BCUT2D eigenvalue weighted by atomic mass is 10.1. The van der Waals surface area contributed by atoms with E-state index in [0.29, 0.717) is 18.5 Å². The van der Waals surface area contributed by atoms with Crippen LogP contribution in [0.4, 0.5) is 0 Å². The van der Waals surface area contributed by atoms with E-state index in [1.165, 1.54) is 5.56 Å². The van der Waals surface area contributed by atoms with Gasteiger partial charge in [0, 0.05) is 36.1 Å². The highest BCUT2D eigenvalue weighted by Crippen LogP contribution is 2.18. The van der Waals surface area contributed by atoms with Crippen molar-refractivity contribution in [1.29, 1.82) is 0 Å². The molecule has 104 valence electrons. The van der Waals surface area contributed by atoms with Gasteiger partial charge in [-0.25, -0.2) is 0 Å². The molecular weight excluding hydrogens is 304 g/mol. The van der Waals surface area contributed by atoms with Crippen molar-refractivity contribution in [3.8, 4) is 0 Å². The largest absolute Gasteiger partial charge is 0.340 e. The summed E-state index contributed by atoms with van der Waals surface area (Å²) in [7, 11) is 0. The molecule has 1 N–H and O–H groups in total. The van der Waals surface area contributed by atoms with E-state index in [2.05, 4.69) is 41.2 Å². The Hall–Kier alpha value is -0.870. The third-order valence-corrected chi connectivity index (χ3v) is 4.25. The molecule has 3 nitrogen and oxygen atoms in total. The lowest BCUT2D eigenvalue weighted by Gasteiger charge is -2.36. The van der Waals surface area contributed by atoms with Crippen LogP contribution in [0, 0.1) is 0 Å². The summed E-state index contributed by atoms with van der Waals surface area (Å²) in [6, 6.07) is 8.87. The lowest BCUT2D eigenvalue weighted by Crippen LogP contribution is -2.55. The average Bonchev–Trinajstić information content (AvgIpc) is 2.36. The highest BCUT2D eigenvalue weighted by atomic mass is 79.9. The van der Waals surface area contributed by atoms with Gasteiger partial charge in [-0.15, -0.1) is 0 Å². The third-order valence-electron chi connectivity index (χ3n) is 3.48. The van der Waals surface area contributed by atoms with Crippen LogP contribution in [0.25, 0.3) is 0 Å². The molecular formula is C15H21BrN2O. The van der Waals surface area contributed by atoms with Gasteiger partial charge in [0.25, 0.3) is 0 Å². The van der Waals surface area contributed by atoms with Crippen molar-refractivity contribution >= 4 is 21.8 Å². The second-order valence-corrected chi connectivity index (χ2v) is 6.21. The quantitative estimate of drug-likeness (QED) is 0.926. The Balaban J connectivity index is 1.89. The summed E-state index contributed by atoms with van der Waals surface area (Å²) < 4.78 is 1.09. The number of hydrogen-bond acceptors (Lipinski definition) is 2. The summed E-state index contributed by atoms with van der Waals surface area (Å²) in [6.07, 6.45) is 1.38. The summed E-state index contributed by atoms with van der Waals surface area (Å²) in [5, 5.41) is 3.45. The molecule has 0 saturated carbocycles. The van der Waals surface area contributed by atoms with Gasteiger partial charge in [-0.2, -0.15) is 0 Å². The Morgan fingerprint density at radius 3 is 2.58 bits per heavy atom. The first-order valence-electron chi connectivity index (χ1n) is 6.83. The molecule has 1 aliphatic heterocycles. The first kappa shape index (κ1) is 14.5. The molecule has 0 aromatic heterocycles. The Morgan fingerprint density at radius 2 is 1.95 bits per heavy atom. The Bertz CT molecular complexity index is 440. The SMILES string of the molecule is C[C@@H]1CN(C(=O)CCc2ccccc2Br)C[C@@H](C)N1. The summed E-state index contributed by atoms with van der Waals surface area (Å²) >= 11 is 3.53. The molecule has 1 saturated heterocycles. The second-order valence-electron chi connectivity index (χ2n) is 5.36. The van der Waals surface area contributed by atoms with E-state index in [9.17, 15) is 4.79 Å². The molecule has 1 fully saturated rings. The number of benzene rings is 1. The van der Waals surface area contributed by atoms with Gasteiger partial charge in [-0.05, 0) is 31.9 Å². The number of carbonyl (C=O) groups excluding carboxylic acids is 1. The van der Waals surface area contributed by atoms with Crippen molar-refractivity contribution in [3.05, 3.63) is 34.3 Å². The Labute approximate surface area is 123 Å². The fraction of sp³-hybridized carbons (Fsp3) is 0.533. The van der Waals surface area contributed by atoms with Gasteiger partial charge in [0.15, 0.2) is 0 Å². The van der Waals surface area contributed by atoms with Gasteiger partial charge in [0.05, 0.1) is 0 Å². The number of aryl methyl sites for hydroxylation is 1. The highest BCUT2D eigenvalue weighted by molar-refractivity contribution is 9.10. The van der Waals surface area contributed by atoms with Crippen LogP contribution in [0.2, 0.25) is 0 Å². The maximum absolute atomic E-state index is 12.3. The maximum atomic E-state index is 12.3. The van der Waals surface area contributed by atoms with E-state index in [4.69, 9.17) is 0 Å². The normalized spacial score (nSPS) is 23.4. The number of halogens is 1. The van der Waals surface area contributed by atoms with Crippen molar-refractivity contribution in [2.45, 2.75) is 38.8 Å². The van der Waals surface area contributed by atoms with Gasteiger partial charge in [-0.1, -0.05) is 34.1 Å². The number of piperazine rings is 1. The van der Waals surface area contributed by atoms with Crippen molar-refractivity contribution in [1.82, 2.24) is 10.2 Å². The minimum absolute atomic E-state index is 0.260. The van der Waals surface area contributed by atoms with Crippen molar-refractivity contribution < 1.29 is 4.79 Å². The minimum Gasteiger partial charge on any atom is -0.340 e. The van der Waals surface area contributed by atoms with Crippen LogP contribution in [-0.2, 0) is 11.2 Å². The first-order chi connectivity index (χ1) is 9.06. The monoisotopic (exact) mass is 324 g/mol. The standard InChI is InChI=1S/C15H21BrN2O/c1-11-9-18(10-12(2)17-11)15(19)8-7-13-5-3-4-6-14(13)16/h3-6,11-12,17H,7-10H2,1-2H3/t11-,12-/m1/s1. The molecule has 2 atom stereocenters. The summed E-state index contributed by atoms with van der Waals surface area (Å²) in [5.41, 5.74) is 1.20. The summed E-state index contributed by atoms with van der Waals surface area (Å²) in [4.78, 5) is 14.2. The zero-order valence-electron chi connectivity index (χ0n) is 11.5. The summed E-state index contributed by atoms with van der Waals surface area (Å²) in [5.74, 6) is 0.260. The molecule has 0 bridgehead atoms. The average molecular weight is 325 g/mol. The Morgan fingerprint density at radius 1 is 1.32 bits per heavy atom. The molecule has 1 aliphatic rings. The van der Waals surface area contributed by atoms with Crippen LogP contribution in [0.1, 0.15) is 25.8 Å². The summed E-state index contributed by atoms with van der Waals surface area (Å²) in [6.45, 7) is 5.89. The smallest absolute Gasteiger partial charge is 0.223 e. The van der Waals surface area contributed by atoms with Gasteiger partial charge < -0.3 is 10.2 Å². The first-order valence-corrected chi connectivity index (χ1v) is 7.63. The van der Waals surface area contributed by atoms with Crippen LogP contribution in [0.15, 0.2) is 28.7 Å². The third kappa shape index (κ3) is 4.05. The molecule has 0 radical (unpaired) electrons. The maximum Gasteiger partial charge on any atom is 0.223 e. The van der Waals surface area contributed by atoms with E-state index in [1.807, 2.05) is 23.1 Å². The number of nitrogens with zero attached hydrogens (tertiary/aromatic N) is 1. The van der Waals surface area contributed by atoms with Gasteiger partial charge in [0.2, 0.25) is 5.91 Å². The molecule has 0 unspecified atom stereocenters. The molecule has 1 heterocycles. The molecule has 0 spiro atoms. The number of hydrogen-bond donors (Lipinski definition) is 1.